The number of hydrogen-bond acceptors (Lipinski definition) is 7. The summed E-state index contributed by atoms with van der Waals surface area (Å²) in [5, 5.41) is 13.7. The highest BCUT2D eigenvalue weighted by Crippen LogP contribution is 2.30. The molecule has 0 saturated carbocycles. The molecule has 9 nitrogen and oxygen atoms in total. The van der Waals surface area contributed by atoms with Crippen LogP contribution in [0.25, 0.3) is 11.2 Å². The fourth-order valence-corrected chi connectivity index (χ4v) is 3.43. The van der Waals surface area contributed by atoms with Gasteiger partial charge in [0.15, 0.2) is 17.0 Å². The highest BCUT2D eigenvalue weighted by atomic mass is 16.5. The number of anilines is 1. The number of nitrogens with zero attached hydrogens (tertiary/aromatic N) is 5. The number of nitrogens with one attached hydrogen (secondary N) is 1. The SMILES string of the molecule is CC(=O)NCCN(c1ncnc2c1ncn2CC1(O)CCOC1C)C(C)C. The number of carbonyl (C=O) groups excluding carboxylic acids is 1. The normalized spacial score (nSPS) is 22.5. The maximum absolute atomic E-state index is 11.2. The number of aliphatic hydroxyl groups is 1. The van der Waals surface area contributed by atoms with Crippen LogP contribution in [0.3, 0.4) is 0 Å². The molecule has 2 atom stereocenters. The average molecular weight is 376 g/mol. The maximum atomic E-state index is 11.2. The zero-order valence-electron chi connectivity index (χ0n) is 16.3. The van der Waals surface area contributed by atoms with Gasteiger partial charge < -0.3 is 24.6 Å². The van der Waals surface area contributed by atoms with Gasteiger partial charge >= 0.3 is 0 Å². The van der Waals surface area contributed by atoms with Crippen LogP contribution in [-0.4, -0.2) is 68.0 Å². The van der Waals surface area contributed by atoms with Crippen LogP contribution in [0.15, 0.2) is 12.7 Å². The molecule has 0 aliphatic carbocycles. The second-order valence-corrected chi connectivity index (χ2v) is 7.38. The summed E-state index contributed by atoms with van der Waals surface area (Å²) in [5.74, 6) is 0.666. The molecule has 2 aromatic rings. The van der Waals surface area contributed by atoms with Crippen LogP contribution in [0.2, 0.25) is 0 Å². The molecule has 1 amide bonds. The summed E-state index contributed by atoms with van der Waals surface area (Å²) in [5.41, 5.74) is 0.434. The molecule has 1 aliphatic heterocycles. The Balaban J connectivity index is 1.88. The Labute approximate surface area is 158 Å². The van der Waals surface area contributed by atoms with Gasteiger partial charge in [-0.05, 0) is 20.8 Å². The molecule has 3 heterocycles. The Hall–Kier alpha value is -2.26. The number of amides is 1. The van der Waals surface area contributed by atoms with Gasteiger partial charge in [0.1, 0.15) is 11.9 Å². The largest absolute Gasteiger partial charge is 0.385 e. The van der Waals surface area contributed by atoms with Gasteiger partial charge in [0.25, 0.3) is 0 Å². The molecule has 2 N–H and O–H groups in total. The second kappa shape index (κ2) is 7.77. The first-order valence-corrected chi connectivity index (χ1v) is 9.32. The molecule has 2 unspecified atom stereocenters. The lowest BCUT2D eigenvalue weighted by atomic mass is 9.97. The standard InChI is InChI=1S/C18H28N6O3/c1-12(2)24(7-6-19-14(4)25)17-15-16(20-10-21-17)23(11-22-15)9-18(26)5-8-27-13(18)3/h10-13,26H,5-9H2,1-4H3,(H,19,25). The third-order valence-electron chi connectivity index (χ3n) is 5.11. The minimum Gasteiger partial charge on any atom is -0.385 e. The number of carbonyl (C=O) groups is 1. The molecule has 1 fully saturated rings. The summed E-state index contributed by atoms with van der Waals surface area (Å²) in [7, 11) is 0. The van der Waals surface area contributed by atoms with Gasteiger partial charge in [-0.1, -0.05) is 0 Å². The first kappa shape index (κ1) is 19.5. The molecule has 1 aliphatic rings. The fraction of sp³-hybridized carbons (Fsp3) is 0.667. The van der Waals surface area contributed by atoms with Crippen molar-refractivity contribution in [2.75, 3.05) is 24.6 Å². The van der Waals surface area contributed by atoms with Crippen LogP contribution in [0.4, 0.5) is 5.82 Å². The molecule has 1 saturated heterocycles. The van der Waals surface area contributed by atoms with E-state index in [1.807, 2.05) is 11.5 Å². The first-order valence-electron chi connectivity index (χ1n) is 9.32. The third-order valence-corrected chi connectivity index (χ3v) is 5.11. The summed E-state index contributed by atoms with van der Waals surface area (Å²) in [6, 6.07) is 0.175. The first-order chi connectivity index (χ1) is 12.8. The predicted molar refractivity (Wildman–Crippen MR) is 101 cm³/mol. The van der Waals surface area contributed by atoms with Crippen molar-refractivity contribution in [3.05, 3.63) is 12.7 Å². The Kier molecular flexibility index (Phi) is 5.61. The molecular formula is C18H28N6O3. The molecule has 0 aromatic carbocycles. The lowest BCUT2D eigenvalue weighted by Gasteiger charge is -2.28. The highest BCUT2D eigenvalue weighted by Gasteiger charge is 2.40. The highest BCUT2D eigenvalue weighted by molar-refractivity contribution is 5.83. The number of hydrogen-bond donors (Lipinski definition) is 2. The van der Waals surface area contributed by atoms with Crippen molar-refractivity contribution < 1.29 is 14.6 Å². The zero-order valence-corrected chi connectivity index (χ0v) is 16.3. The van der Waals surface area contributed by atoms with Gasteiger partial charge in [-0.2, -0.15) is 0 Å². The summed E-state index contributed by atoms with van der Waals surface area (Å²) in [6.45, 7) is 9.58. The Morgan fingerprint density at radius 3 is 2.89 bits per heavy atom. The van der Waals surface area contributed by atoms with Crippen LogP contribution in [-0.2, 0) is 16.1 Å². The van der Waals surface area contributed by atoms with E-state index in [1.165, 1.54) is 13.3 Å². The predicted octanol–water partition coefficient (Wildman–Crippen LogP) is 0.717. The number of imidazole rings is 1. The summed E-state index contributed by atoms with van der Waals surface area (Å²) in [6.07, 6.45) is 3.56. The molecule has 2 aromatic heterocycles. The Bertz CT molecular complexity index is 807. The van der Waals surface area contributed by atoms with E-state index in [-0.39, 0.29) is 18.1 Å². The summed E-state index contributed by atoms with van der Waals surface area (Å²) < 4.78 is 7.39. The van der Waals surface area contributed by atoms with Crippen molar-refractivity contribution in [2.24, 2.45) is 0 Å². The van der Waals surface area contributed by atoms with E-state index in [9.17, 15) is 9.90 Å². The molecule has 0 spiro atoms. The van der Waals surface area contributed by atoms with E-state index in [1.54, 1.807) is 6.33 Å². The number of aromatic nitrogens is 4. The second-order valence-electron chi connectivity index (χ2n) is 7.38. The van der Waals surface area contributed by atoms with Gasteiger partial charge in [0.05, 0.1) is 19.0 Å². The van der Waals surface area contributed by atoms with E-state index >= 15 is 0 Å². The molecule has 148 valence electrons. The van der Waals surface area contributed by atoms with Gasteiger partial charge in [-0.3, -0.25) is 4.79 Å². The quantitative estimate of drug-likeness (QED) is 0.733. The summed E-state index contributed by atoms with van der Waals surface area (Å²) in [4.78, 5) is 26.6. The van der Waals surface area contributed by atoms with Crippen LogP contribution in [0.1, 0.15) is 34.1 Å². The molecular weight excluding hydrogens is 348 g/mol. The van der Waals surface area contributed by atoms with Crippen LogP contribution >= 0.6 is 0 Å². The van der Waals surface area contributed by atoms with E-state index < -0.39 is 5.60 Å². The van der Waals surface area contributed by atoms with E-state index in [4.69, 9.17) is 4.74 Å². The lowest BCUT2D eigenvalue weighted by molar-refractivity contribution is -0.118. The molecule has 9 heteroatoms. The van der Waals surface area contributed by atoms with E-state index in [0.717, 1.165) is 5.82 Å². The average Bonchev–Trinajstić information content (AvgIpc) is 3.15. The van der Waals surface area contributed by atoms with Crippen molar-refractivity contribution in [1.82, 2.24) is 24.8 Å². The summed E-state index contributed by atoms with van der Waals surface area (Å²) >= 11 is 0. The van der Waals surface area contributed by atoms with Crippen molar-refractivity contribution in [3.8, 4) is 0 Å². The van der Waals surface area contributed by atoms with Gasteiger partial charge in [0.2, 0.25) is 5.91 Å². The van der Waals surface area contributed by atoms with Crippen molar-refractivity contribution in [2.45, 2.75) is 58.4 Å². The molecule has 27 heavy (non-hydrogen) atoms. The van der Waals surface area contributed by atoms with Crippen LogP contribution in [0.5, 0.6) is 0 Å². The minimum absolute atomic E-state index is 0.0584. The number of fused-ring (bicyclic) bond motifs is 1. The zero-order chi connectivity index (χ0) is 19.6. The molecule has 3 rings (SSSR count). The van der Waals surface area contributed by atoms with Crippen molar-refractivity contribution >= 4 is 22.9 Å². The molecule has 0 bridgehead atoms. The van der Waals surface area contributed by atoms with E-state index in [2.05, 4.69) is 39.0 Å². The Morgan fingerprint density at radius 2 is 2.26 bits per heavy atom. The Morgan fingerprint density at radius 1 is 1.48 bits per heavy atom. The third kappa shape index (κ3) is 4.03. The lowest BCUT2D eigenvalue weighted by Crippen LogP contribution is -2.40. The maximum Gasteiger partial charge on any atom is 0.216 e. The van der Waals surface area contributed by atoms with Crippen molar-refractivity contribution in [3.63, 3.8) is 0 Å². The van der Waals surface area contributed by atoms with Crippen LogP contribution < -0.4 is 10.2 Å². The smallest absolute Gasteiger partial charge is 0.216 e. The van der Waals surface area contributed by atoms with E-state index in [0.29, 0.717) is 43.8 Å². The van der Waals surface area contributed by atoms with Gasteiger partial charge in [-0.25, -0.2) is 15.0 Å². The van der Waals surface area contributed by atoms with Gasteiger partial charge in [0, 0.05) is 39.1 Å². The van der Waals surface area contributed by atoms with Crippen molar-refractivity contribution in [1.29, 1.82) is 0 Å². The van der Waals surface area contributed by atoms with Crippen LogP contribution in [0, 0.1) is 0 Å². The number of ether oxygens (including phenoxy) is 1. The molecule has 0 radical (unpaired) electrons. The van der Waals surface area contributed by atoms with Gasteiger partial charge in [-0.15, -0.1) is 0 Å². The monoisotopic (exact) mass is 376 g/mol. The number of rotatable bonds is 7. The minimum atomic E-state index is -0.929. The fourth-order valence-electron chi connectivity index (χ4n) is 3.43. The topological polar surface area (TPSA) is 105 Å².